The third-order valence-corrected chi connectivity index (χ3v) is 5.16. The van der Waals surface area contributed by atoms with Gasteiger partial charge in [0.05, 0.1) is 23.2 Å². The zero-order chi connectivity index (χ0) is 17.6. The van der Waals surface area contributed by atoms with Crippen molar-refractivity contribution in [1.29, 1.82) is 0 Å². The molecule has 1 aromatic heterocycles. The summed E-state index contributed by atoms with van der Waals surface area (Å²) in [5.41, 5.74) is 1.08. The Bertz CT molecular complexity index is 865. The van der Waals surface area contributed by atoms with E-state index in [0.29, 0.717) is 22.8 Å². The highest BCUT2D eigenvalue weighted by Crippen LogP contribution is 2.48. The SMILES string of the molecule is O=C(O)[C@@H]1[C@H](C(=O)Nc2cc(Cl)ccc2-n2cncn2)[C@@H]2C=C[C@H]1C2. The van der Waals surface area contributed by atoms with E-state index in [2.05, 4.69) is 15.4 Å². The van der Waals surface area contributed by atoms with Gasteiger partial charge in [-0.25, -0.2) is 9.67 Å². The Morgan fingerprint density at radius 3 is 2.68 bits per heavy atom. The van der Waals surface area contributed by atoms with E-state index in [1.165, 1.54) is 17.3 Å². The molecule has 1 amide bonds. The molecule has 0 aliphatic heterocycles. The van der Waals surface area contributed by atoms with Crippen molar-refractivity contribution in [3.63, 3.8) is 0 Å². The second kappa shape index (κ2) is 6.00. The zero-order valence-electron chi connectivity index (χ0n) is 13.0. The van der Waals surface area contributed by atoms with Gasteiger partial charge in [-0.05, 0) is 36.5 Å². The number of amides is 1. The van der Waals surface area contributed by atoms with Crippen molar-refractivity contribution in [2.45, 2.75) is 6.42 Å². The van der Waals surface area contributed by atoms with Crippen LogP contribution in [-0.2, 0) is 9.59 Å². The molecule has 1 fully saturated rings. The van der Waals surface area contributed by atoms with Gasteiger partial charge in [-0.2, -0.15) is 5.10 Å². The smallest absolute Gasteiger partial charge is 0.307 e. The van der Waals surface area contributed by atoms with E-state index in [0.717, 1.165) is 0 Å². The number of benzene rings is 1. The Morgan fingerprint density at radius 1 is 1.24 bits per heavy atom. The Hall–Kier alpha value is -2.67. The predicted octanol–water partition coefficient (Wildman–Crippen LogP) is 2.38. The number of carboxylic acid groups (broad SMARTS) is 1. The summed E-state index contributed by atoms with van der Waals surface area (Å²) in [5, 5.41) is 16.9. The normalized spacial score (nSPS) is 26.8. The summed E-state index contributed by atoms with van der Waals surface area (Å²) in [6, 6.07) is 5.03. The van der Waals surface area contributed by atoms with E-state index < -0.39 is 17.8 Å². The molecule has 0 spiro atoms. The minimum Gasteiger partial charge on any atom is -0.481 e. The minimum absolute atomic E-state index is 0.0416. The number of carbonyl (C=O) groups is 2. The summed E-state index contributed by atoms with van der Waals surface area (Å²) in [4.78, 5) is 28.4. The van der Waals surface area contributed by atoms with Crippen molar-refractivity contribution in [3.8, 4) is 5.69 Å². The van der Waals surface area contributed by atoms with Crippen LogP contribution in [0.25, 0.3) is 5.69 Å². The molecule has 1 aromatic carbocycles. The lowest BCUT2D eigenvalue weighted by atomic mass is 9.82. The topological polar surface area (TPSA) is 97.1 Å². The quantitative estimate of drug-likeness (QED) is 0.818. The predicted molar refractivity (Wildman–Crippen MR) is 90.4 cm³/mol. The van der Waals surface area contributed by atoms with Crippen molar-refractivity contribution in [1.82, 2.24) is 14.8 Å². The van der Waals surface area contributed by atoms with Crippen molar-refractivity contribution in [2.24, 2.45) is 23.7 Å². The molecule has 1 heterocycles. The summed E-state index contributed by atoms with van der Waals surface area (Å²) in [7, 11) is 0. The Morgan fingerprint density at radius 2 is 2.00 bits per heavy atom. The summed E-state index contributed by atoms with van der Waals surface area (Å²) < 4.78 is 1.52. The van der Waals surface area contributed by atoms with Crippen LogP contribution in [0.15, 0.2) is 43.0 Å². The molecule has 128 valence electrons. The number of aliphatic carboxylic acids is 1. The Labute approximate surface area is 148 Å². The second-order valence-electron chi connectivity index (χ2n) is 6.33. The first-order chi connectivity index (χ1) is 12.0. The van der Waals surface area contributed by atoms with Crippen LogP contribution in [-0.4, -0.2) is 31.7 Å². The average molecular weight is 359 g/mol. The number of allylic oxidation sites excluding steroid dienone is 2. The second-order valence-corrected chi connectivity index (χ2v) is 6.77. The fourth-order valence-electron chi connectivity index (χ4n) is 3.87. The third kappa shape index (κ3) is 2.70. The van der Waals surface area contributed by atoms with E-state index in [4.69, 9.17) is 11.6 Å². The van der Waals surface area contributed by atoms with Gasteiger partial charge in [-0.1, -0.05) is 23.8 Å². The number of rotatable bonds is 4. The maximum Gasteiger partial charge on any atom is 0.307 e. The fourth-order valence-corrected chi connectivity index (χ4v) is 4.05. The molecule has 2 aliphatic carbocycles. The van der Waals surface area contributed by atoms with E-state index in [-0.39, 0.29) is 17.7 Å². The third-order valence-electron chi connectivity index (χ3n) is 4.93. The molecule has 8 heteroatoms. The van der Waals surface area contributed by atoms with Gasteiger partial charge in [0, 0.05) is 5.02 Å². The maximum absolute atomic E-state index is 12.9. The van der Waals surface area contributed by atoms with Crippen LogP contribution in [0.5, 0.6) is 0 Å². The summed E-state index contributed by atoms with van der Waals surface area (Å²) >= 11 is 6.06. The van der Waals surface area contributed by atoms with Crippen LogP contribution in [0.4, 0.5) is 5.69 Å². The number of fused-ring (bicyclic) bond motifs is 2. The average Bonchev–Trinajstić information content (AvgIpc) is 3.31. The number of nitrogens with one attached hydrogen (secondary N) is 1. The molecule has 4 atom stereocenters. The molecule has 25 heavy (non-hydrogen) atoms. The summed E-state index contributed by atoms with van der Waals surface area (Å²) in [5.74, 6) is -2.64. The highest BCUT2D eigenvalue weighted by Gasteiger charge is 2.51. The fraction of sp³-hybridized carbons (Fsp3) is 0.294. The lowest BCUT2D eigenvalue weighted by molar-refractivity contribution is -0.146. The molecule has 4 rings (SSSR count). The van der Waals surface area contributed by atoms with Crippen LogP contribution < -0.4 is 5.32 Å². The summed E-state index contributed by atoms with van der Waals surface area (Å²) in [6.07, 6.45) is 7.47. The molecule has 1 saturated carbocycles. The number of hydrogen-bond acceptors (Lipinski definition) is 4. The molecule has 2 bridgehead atoms. The largest absolute Gasteiger partial charge is 0.481 e. The molecule has 2 N–H and O–H groups in total. The van der Waals surface area contributed by atoms with Crippen LogP contribution in [0.1, 0.15) is 6.42 Å². The van der Waals surface area contributed by atoms with Gasteiger partial charge in [0.25, 0.3) is 0 Å². The number of carboxylic acids is 1. The van der Waals surface area contributed by atoms with Crippen molar-refractivity contribution < 1.29 is 14.7 Å². The van der Waals surface area contributed by atoms with Gasteiger partial charge in [0.1, 0.15) is 12.7 Å². The van der Waals surface area contributed by atoms with Gasteiger partial charge in [-0.3, -0.25) is 9.59 Å². The van der Waals surface area contributed by atoms with E-state index in [1.54, 1.807) is 18.2 Å². The number of aromatic nitrogens is 3. The molecule has 2 aliphatic rings. The highest BCUT2D eigenvalue weighted by atomic mass is 35.5. The summed E-state index contributed by atoms with van der Waals surface area (Å²) in [6.45, 7) is 0. The monoisotopic (exact) mass is 358 g/mol. The lowest BCUT2D eigenvalue weighted by Crippen LogP contribution is -2.36. The standard InChI is InChI=1S/C17H15ClN4O3/c18-11-3-4-13(22-8-19-7-20-22)12(6-11)21-16(23)14-9-1-2-10(5-9)15(14)17(24)25/h1-4,6-10,14-15H,5H2,(H,21,23)(H,24,25)/t9-,10+,14-,15+/m1/s1. The molecule has 2 aromatic rings. The number of nitrogens with zero attached hydrogens (tertiary/aromatic N) is 3. The number of hydrogen-bond donors (Lipinski definition) is 2. The maximum atomic E-state index is 12.9. The first-order valence-corrected chi connectivity index (χ1v) is 8.29. The Balaban J connectivity index is 1.64. The molecule has 0 saturated heterocycles. The molecule has 7 nitrogen and oxygen atoms in total. The van der Waals surface area contributed by atoms with Crippen molar-refractivity contribution >= 4 is 29.2 Å². The van der Waals surface area contributed by atoms with Gasteiger partial charge in [-0.15, -0.1) is 0 Å². The first-order valence-electron chi connectivity index (χ1n) is 7.91. The van der Waals surface area contributed by atoms with Crippen molar-refractivity contribution in [3.05, 3.63) is 48.0 Å². The van der Waals surface area contributed by atoms with Gasteiger partial charge in [0.2, 0.25) is 5.91 Å². The van der Waals surface area contributed by atoms with Gasteiger partial charge >= 0.3 is 5.97 Å². The Kier molecular flexibility index (Phi) is 3.80. The van der Waals surface area contributed by atoms with Gasteiger partial charge < -0.3 is 10.4 Å². The zero-order valence-corrected chi connectivity index (χ0v) is 13.8. The number of halogens is 1. The highest BCUT2D eigenvalue weighted by molar-refractivity contribution is 6.31. The van der Waals surface area contributed by atoms with E-state index in [9.17, 15) is 14.7 Å². The van der Waals surface area contributed by atoms with Crippen molar-refractivity contribution in [2.75, 3.05) is 5.32 Å². The number of anilines is 1. The van der Waals surface area contributed by atoms with Crippen LogP contribution in [0.3, 0.4) is 0 Å². The molecular formula is C17H15ClN4O3. The molecule has 0 unspecified atom stereocenters. The number of carbonyl (C=O) groups excluding carboxylic acids is 1. The van der Waals surface area contributed by atoms with Gasteiger partial charge in [0.15, 0.2) is 0 Å². The van der Waals surface area contributed by atoms with Crippen LogP contribution >= 0.6 is 11.6 Å². The molecule has 0 radical (unpaired) electrons. The first kappa shape index (κ1) is 15.8. The lowest BCUT2D eigenvalue weighted by Gasteiger charge is -2.24. The minimum atomic E-state index is -0.931. The van der Waals surface area contributed by atoms with E-state index in [1.807, 2.05) is 12.2 Å². The van der Waals surface area contributed by atoms with E-state index >= 15 is 0 Å². The molecular weight excluding hydrogens is 344 g/mol. The van der Waals surface area contributed by atoms with Crippen LogP contribution in [0.2, 0.25) is 5.02 Å². The van der Waals surface area contributed by atoms with Crippen LogP contribution in [0, 0.1) is 23.7 Å².